The van der Waals surface area contributed by atoms with E-state index in [-0.39, 0.29) is 17.8 Å². The van der Waals surface area contributed by atoms with Crippen molar-refractivity contribution in [3.05, 3.63) is 32.2 Å². The third-order valence-corrected chi connectivity index (χ3v) is 4.48. The fourth-order valence-electron chi connectivity index (χ4n) is 3.11. The number of nitrogens with zero attached hydrogens (tertiary/aromatic N) is 5. The number of carbonyl (C=O) groups is 1. The fourth-order valence-corrected chi connectivity index (χ4v) is 3.11. The largest absolute Gasteiger partial charge is 0.396 e. The van der Waals surface area contributed by atoms with Crippen LogP contribution >= 0.6 is 0 Å². The molecule has 10 heteroatoms. The van der Waals surface area contributed by atoms with E-state index in [9.17, 15) is 14.4 Å². The maximum Gasteiger partial charge on any atom is 0.332 e. The summed E-state index contributed by atoms with van der Waals surface area (Å²) in [6.45, 7) is 3.83. The van der Waals surface area contributed by atoms with E-state index in [4.69, 9.17) is 10.8 Å². The topological polar surface area (TPSA) is 130 Å². The first-order valence-electron chi connectivity index (χ1n) is 7.86. The monoisotopic (exact) mass is 348 g/mol. The number of imidazole rings is 2. The van der Waals surface area contributed by atoms with Crippen LogP contribution in [0.5, 0.6) is 0 Å². The Morgan fingerprint density at radius 2 is 1.88 bits per heavy atom. The predicted molar refractivity (Wildman–Crippen MR) is 90.6 cm³/mol. The van der Waals surface area contributed by atoms with Gasteiger partial charge in [0.25, 0.3) is 5.56 Å². The van der Waals surface area contributed by atoms with Crippen LogP contribution in [0.25, 0.3) is 16.9 Å². The zero-order chi connectivity index (χ0) is 18.5. The summed E-state index contributed by atoms with van der Waals surface area (Å²) in [6.07, 6.45) is 0.540. The number of fused-ring (bicyclic) bond motifs is 3. The van der Waals surface area contributed by atoms with Crippen molar-refractivity contribution in [3.8, 4) is 0 Å². The van der Waals surface area contributed by atoms with Crippen molar-refractivity contribution in [2.45, 2.75) is 33.4 Å². The maximum atomic E-state index is 12.8. The van der Waals surface area contributed by atoms with E-state index in [1.54, 1.807) is 4.40 Å². The SMILES string of the molecule is Cc1c(C)n2c3c(=O)n(CC(N)=O)c(=O)n(C)c3nc2n1CCCO. The number of hydrogen-bond donors (Lipinski definition) is 2. The van der Waals surface area contributed by atoms with Gasteiger partial charge in [-0.15, -0.1) is 0 Å². The summed E-state index contributed by atoms with van der Waals surface area (Å²) in [6, 6.07) is 0. The van der Waals surface area contributed by atoms with Crippen LogP contribution in [0.15, 0.2) is 9.59 Å². The molecule has 0 aromatic carbocycles. The summed E-state index contributed by atoms with van der Waals surface area (Å²) >= 11 is 0. The van der Waals surface area contributed by atoms with Gasteiger partial charge in [0.1, 0.15) is 6.54 Å². The molecule has 0 saturated carbocycles. The Morgan fingerprint density at radius 3 is 2.48 bits per heavy atom. The van der Waals surface area contributed by atoms with Crippen molar-refractivity contribution < 1.29 is 9.90 Å². The van der Waals surface area contributed by atoms with Gasteiger partial charge in [0.15, 0.2) is 11.2 Å². The number of hydrogen-bond acceptors (Lipinski definition) is 5. The number of rotatable bonds is 5. The highest BCUT2D eigenvalue weighted by Gasteiger charge is 2.22. The van der Waals surface area contributed by atoms with Crippen LogP contribution in [0.2, 0.25) is 0 Å². The second kappa shape index (κ2) is 5.88. The van der Waals surface area contributed by atoms with E-state index in [0.717, 1.165) is 16.0 Å². The third-order valence-electron chi connectivity index (χ3n) is 4.48. The molecule has 3 rings (SSSR count). The lowest BCUT2D eigenvalue weighted by Crippen LogP contribution is -2.42. The van der Waals surface area contributed by atoms with Gasteiger partial charge >= 0.3 is 5.69 Å². The van der Waals surface area contributed by atoms with Crippen molar-refractivity contribution in [1.82, 2.24) is 23.1 Å². The molecule has 0 spiro atoms. The van der Waals surface area contributed by atoms with Gasteiger partial charge in [-0.1, -0.05) is 0 Å². The summed E-state index contributed by atoms with van der Waals surface area (Å²) in [7, 11) is 1.49. The minimum atomic E-state index is -0.771. The minimum absolute atomic E-state index is 0.0347. The first kappa shape index (κ1) is 17.0. The van der Waals surface area contributed by atoms with Crippen LogP contribution < -0.4 is 17.0 Å². The molecule has 0 aliphatic rings. The Balaban J connectivity index is 2.46. The molecule has 0 saturated heterocycles. The normalized spacial score (nSPS) is 11.7. The highest BCUT2D eigenvalue weighted by atomic mass is 16.3. The second-order valence-electron chi connectivity index (χ2n) is 6.02. The maximum absolute atomic E-state index is 12.8. The molecule has 10 nitrogen and oxygen atoms in total. The first-order chi connectivity index (χ1) is 11.8. The van der Waals surface area contributed by atoms with Gasteiger partial charge in [0.2, 0.25) is 11.7 Å². The first-order valence-corrected chi connectivity index (χ1v) is 7.86. The highest BCUT2D eigenvalue weighted by Crippen LogP contribution is 2.20. The quantitative estimate of drug-likeness (QED) is 0.588. The van der Waals surface area contributed by atoms with E-state index in [2.05, 4.69) is 4.98 Å². The van der Waals surface area contributed by atoms with Crippen LogP contribution in [0, 0.1) is 13.8 Å². The molecule has 0 unspecified atom stereocenters. The van der Waals surface area contributed by atoms with E-state index in [0.29, 0.717) is 18.7 Å². The van der Waals surface area contributed by atoms with Crippen LogP contribution in [-0.2, 0) is 24.9 Å². The lowest BCUT2D eigenvalue weighted by atomic mass is 10.3. The van der Waals surface area contributed by atoms with Crippen LogP contribution in [0.3, 0.4) is 0 Å². The molecular formula is C15H20N6O4. The molecule has 0 atom stereocenters. The number of aliphatic hydroxyl groups excluding tert-OH is 1. The summed E-state index contributed by atoms with van der Waals surface area (Å²) in [4.78, 5) is 40.9. The van der Waals surface area contributed by atoms with Crippen molar-refractivity contribution >= 4 is 22.8 Å². The minimum Gasteiger partial charge on any atom is -0.396 e. The van der Waals surface area contributed by atoms with Crippen LogP contribution in [0.1, 0.15) is 17.8 Å². The molecular weight excluding hydrogens is 328 g/mol. The van der Waals surface area contributed by atoms with Crippen molar-refractivity contribution in [2.75, 3.05) is 6.61 Å². The average Bonchev–Trinajstić information content (AvgIpc) is 3.05. The van der Waals surface area contributed by atoms with Crippen molar-refractivity contribution in [1.29, 1.82) is 0 Å². The standard InChI is InChI=1S/C15H20N6O4/c1-8-9(2)21-11-12(17-14(21)19(8)5-4-6-22)18(3)15(25)20(13(11)24)7-10(16)23/h22H,4-7H2,1-3H3,(H2,16,23). The molecule has 3 aromatic rings. The smallest absolute Gasteiger partial charge is 0.332 e. The van der Waals surface area contributed by atoms with Gasteiger partial charge in [-0.3, -0.25) is 18.6 Å². The van der Waals surface area contributed by atoms with Crippen molar-refractivity contribution in [3.63, 3.8) is 0 Å². The second-order valence-corrected chi connectivity index (χ2v) is 6.02. The molecule has 3 heterocycles. The number of amides is 1. The lowest BCUT2D eigenvalue weighted by Gasteiger charge is -2.06. The fraction of sp³-hybridized carbons (Fsp3) is 0.467. The van der Waals surface area contributed by atoms with Gasteiger partial charge in [0, 0.05) is 31.6 Å². The van der Waals surface area contributed by atoms with Gasteiger partial charge in [-0.25, -0.2) is 9.36 Å². The third kappa shape index (κ3) is 2.37. The molecule has 3 N–H and O–H groups in total. The Morgan fingerprint density at radius 1 is 1.20 bits per heavy atom. The molecule has 134 valence electrons. The van der Waals surface area contributed by atoms with Gasteiger partial charge in [0.05, 0.1) is 0 Å². The Hall–Kier alpha value is -2.88. The summed E-state index contributed by atoms with van der Waals surface area (Å²) in [5, 5.41) is 9.10. The number of carbonyl (C=O) groups excluding carboxylic acids is 1. The van der Waals surface area contributed by atoms with E-state index < -0.39 is 23.7 Å². The van der Waals surface area contributed by atoms with Gasteiger partial charge in [-0.05, 0) is 20.3 Å². The molecule has 3 aromatic heterocycles. The number of primary amides is 1. The van der Waals surface area contributed by atoms with E-state index in [1.165, 1.54) is 11.6 Å². The van der Waals surface area contributed by atoms with E-state index >= 15 is 0 Å². The number of aliphatic hydroxyl groups is 1. The zero-order valence-electron chi connectivity index (χ0n) is 14.3. The predicted octanol–water partition coefficient (Wildman–Crippen LogP) is -1.37. The number of aryl methyl sites for hydroxylation is 3. The Kier molecular flexibility index (Phi) is 3.99. The Labute approximate surface area is 141 Å². The lowest BCUT2D eigenvalue weighted by molar-refractivity contribution is -0.118. The molecule has 0 fully saturated rings. The molecule has 0 aliphatic carbocycles. The van der Waals surface area contributed by atoms with Gasteiger partial charge in [-0.2, -0.15) is 4.98 Å². The number of nitrogens with two attached hydrogens (primary N) is 1. The number of aromatic nitrogens is 5. The van der Waals surface area contributed by atoms with Crippen LogP contribution in [-0.4, -0.2) is 40.7 Å². The van der Waals surface area contributed by atoms with Crippen LogP contribution in [0.4, 0.5) is 0 Å². The Bertz CT molecular complexity index is 1110. The molecule has 0 aliphatic heterocycles. The summed E-state index contributed by atoms with van der Waals surface area (Å²) in [5.41, 5.74) is 6.09. The molecule has 25 heavy (non-hydrogen) atoms. The van der Waals surface area contributed by atoms with Gasteiger partial charge < -0.3 is 15.4 Å². The zero-order valence-corrected chi connectivity index (χ0v) is 14.3. The van der Waals surface area contributed by atoms with Crippen molar-refractivity contribution in [2.24, 2.45) is 12.8 Å². The molecule has 1 amide bonds. The highest BCUT2D eigenvalue weighted by molar-refractivity contribution is 5.77. The van der Waals surface area contributed by atoms with E-state index in [1.807, 2.05) is 18.4 Å². The summed E-state index contributed by atoms with van der Waals surface area (Å²) in [5.74, 6) is -0.255. The molecule has 0 radical (unpaired) electrons. The summed E-state index contributed by atoms with van der Waals surface area (Å²) < 4.78 is 5.63. The average molecular weight is 348 g/mol. The molecule has 0 bridgehead atoms.